The van der Waals surface area contributed by atoms with Crippen LogP contribution in [0.25, 0.3) is 0 Å². The first-order chi connectivity index (χ1) is 31.5. The molecule has 21 heteroatoms. The Kier molecular flexibility index (Phi) is 13.5. The number of anilines is 4. The lowest BCUT2D eigenvalue weighted by atomic mass is 9.63. The van der Waals surface area contributed by atoms with Crippen LogP contribution in [0.15, 0.2) is 24.3 Å². The topological polar surface area (TPSA) is 186 Å². The third-order valence-corrected chi connectivity index (χ3v) is 15.6. The highest BCUT2D eigenvalue weighted by molar-refractivity contribution is 7.16. The van der Waals surface area contributed by atoms with Gasteiger partial charge < -0.3 is 20.1 Å². The molecule has 4 fully saturated rings. The highest BCUT2D eigenvalue weighted by atomic mass is 32.1. The van der Waals surface area contributed by atoms with E-state index < -0.39 is 78.6 Å². The summed E-state index contributed by atoms with van der Waals surface area (Å²) in [6.07, 6.45) is 11.1. The van der Waals surface area contributed by atoms with Gasteiger partial charge in [-0.15, -0.1) is 22.7 Å². The summed E-state index contributed by atoms with van der Waals surface area (Å²) in [5.74, 6) is -9.65. The van der Waals surface area contributed by atoms with Crippen LogP contribution >= 0.6 is 22.7 Å². The predicted molar refractivity (Wildman–Crippen MR) is 235 cm³/mol. The van der Waals surface area contributed by atoms with E-state index in [4.69, 9.17) is 9.47 Å². The normalized spacial score (nSPS) is 19.9. The van der Waals surface area contributed by atoms with Gasteiger partial charge in [-0.05, 0) is 76.0 Å². The number of halogens is 4. The van der Waals surface area contributed by atoms with Gasteiger partial charge in [0.15, 0.2) is 10.3 Å². The zero-order valence-corrected chi connectivity index (χ0v) is 38.5. The lowest BCUT2D eigenvalue weighted by molar-refractivity contribution is -0.122. The molecular weight excluding hydrogens is 905 g/mol. The van der Waals surface area contributed by atoms with Gasteiger partial charge in [-0.3, -0.25) is 29.0 Å². The number of hydrogen-bond acceptors (Lipinski definition) is 13. The number of aryl methyl sites for hydroxylation is 2. The summed E-state index contributed by atoms with van der Waals surface area (Å²) < 4.78 is 68.4. The van der Waals surface area contributed by atoms with Gasteiger partial charge in [0, 0.05) is 46.1 Å². The van der Waals surface area contributed by atoms with Crippen LogP contribution in [0.3, 0.4) is 0 Å². The molecule has 4 aliphatic rings. The van der Waals surface area contributed by atoms with E-state index in [0.29, 0.717) is 9.75 Å². The van der Waals surface area contributed by atoms with Gasteiger partial charge in [0.2, 0.25) is 35.6 Å². The molecule has 4 aromatic rings. The summed E-state index contributed by atoms with van der Waals surface area (Å²) in [5, 5.41) is 6.09. The monoisotopic (exact) mass is 954 g/mol. The molecule has 4 atom stereocenters. The van der Waals surface area contributed by atoms with Gasteiger partial charge in [-0.25, -0.2) is 14.8 Å². The van der Waals surface area contributed by atoms with E-state index in [1.165, 1.54) is 13.8 Å². The van der Waals surface area contributed by atoms with Crippen LogP contribution in [0, 0.1) is 60.3 Å². The van der Waals surface area contributed by atoms with Crippen molar-refractivity contribution in [1.82, 2.24) is 30.6 Å². The van der Waals surface area contributed by atoms with Crippen LogP contribution in [-0.4, -0.2) is 75.0 Å². The predicted octanol–water partition coefficient (Wildman–Crippen LogP) is 8.92. The van der Waals surface area contributed by atoms with Crippen molar-refractivity contribution in [3.63, 3.8) is 0 Å². The van der Waals surface area contributed by atoms with E-state index in [0.717, 1.165) is 134 Å². The third-order valence-electron chi connectivity index (χ3n) is 13.7. The number of carbonyl (C=O) groups excluding carboxylic acids is 5. The zero-order valence-electron chi connectivity index (χ0n) is 36.9. The van der Waals surface area contributed by atoms with E-state index in [1.807, 2.05) is 0 Å². The molecular formula is C45H50F4N8O7S2. The number of thiazole rings is 2. The fourth-order valence-electron chi connectivity index (χ4n) is 9.87. The molecule has 4 unspecified atom stereocenters. The number of aromatic nitrogens is 4. The standard InChI is InChI=1S/C45H50F4N8O7S2/c1-23(39(60)56(27-17-31(46)52-32(47)18-27)41-54-35(25(3)65-41)37(58)50-29-9-15-44(29)11-5-6-12-44)21-63-43(62)64-22-24(2)40(61)57(28-19-33(48)53-34(49)20-28)42-55-36(26(4)66-42)38(59)51-30-10-16-45(30)13-7-8-14-45/h17-20,23-24,29-30H,5-16,21-22H2,1-4H3,(H,50,58)(H,51,59). The number of carbonyl (C=O) groups is 5. The SMILES string of the molecule is Cc1sc(N(C(=O)C(C)COC(=O)OCC(C)C(=O)N(c2cc(F)nc(F)c2)c2nc(C(=O)NC3CCC34CCCC4)c(C)s2)c2cc(F)nc(F)c2)nc1C(=O)NC1CCC12CCCC2. The molecule has 2 spiro atoms. The summed E-state index contributed by atoms with van der Waals surface area (Å²) >= 11 is 1.92. The van der Waals surface area contributed by atoms with Gasteiger partial charge in [-0.1, -0.05) is 39.5 Å². The van der Waals surface area contributed by atoms with Gasteiger partial charge in [0.1, 0.15) is 24.6 Å². The molecule has 4 heterocycles. The summed E-state index contributed by atoms with van der Waals surface area (Å²) in [6, 6.07) is 3.32. The lowest BCUT2D eigenvalue weighted by Gasteiger charge is -2.47. The fourth-order valence-corrected chi connectivity index (χ4v) is 11.7. The number of ether oxygens (including phenoxy) is 2. The minimum absolute atomic E-state index is 0.00116. The summed E-state index contributed by atoms with van der Waals surface area (Å²) in [5.41, 5.74) is -0.242. The highest BCUT2D eigenvalue weighted by Crippen LogP contribution is 2.54. The van der Waals surface area contributed by atoms with Gasteiger partial charge in [0.05, 0.1) is 23.2 Å². The van der Waals surface area contributed by atoms with Gasteiger partial charge >= 0.3 is 6.16 Å². The van der Waals surface area contributed by atoms with E-state index in [9.17, 15) is 41.5 Å². The molecule has 4 aromatic heterocycles. The second-order valence-electron chi connectivity index (χ2n) is 18.0. The minimum atomic E-state index is -1.28. The molecule has 4 amide bonds. The Morgan fingerprint density at radius 2 is 0.970 bits per heavy atom. The molecule has 4 aliphatic carbocycles. The van der Waals surface area contributed by atoms with Crippen LogP contribution in [0.1, 0.15) is 122 Å². The maximum Gasteiger partial charge on any atom is 0.508 e. The van der Waals surface area contributed by atoms with Gasteiger partial charge in [-0.2, -0.15) is 27.5 Å². The van der Waals surface area contributed by atoms with E-state index >= 15 is 0 Å². The van der Waals surface area contributed by atoms with E-state index in [-0.39, 0.29) is 55.9 Å². The quantitative estimate of drug-likeness (QED) is 0.0699. The smallest absolute Gasteiger partial charge is 0.433 e. The van der Waals surface area contributed by atoms with Crippen LogP contribution in [0.2, 0.25) is 0 Å². The number of rotatable bonds is 14. The average Bonchev–Trinajstić information content (AvgIpc) is 4.10. The first-order valence-corrected chi connectivity index (χ1v) is 23.8. The van der Waals surface area contributed by atoms with Crippen molar-refractivity contribution in [2.24, 2.45) is 22.7 Å². The molecule has 0 bridgehead atoms. The second-order valence-corrected chi connectivity index (χ2v) is 20.4. The van der Waals surface area contributed by atoms with Crippen molar-refractivity contribution in [3.05, 3.63) is 69.2 Å². The number of pyridine rings is 2. The summed E-state index contributed by atoms with van der Waals surface area (Å²) in [4.78, 5) is 86.0. The van der Waals surface area contributed by atoms with Crippen molar-refractivity contribution in [3.8, 4) is 0 Å². The van der Waals surface area contributed by atoms with Crippen molar-refractivity contribution in [1.29, 1.82) is 0 Å². The Hall–Kier alpha value is -5.57. The lowest BCUT2D eigenvalue weighted by Crippen LogP contribution is -2.54. The molecule has 352 valence electrons. The Balaban J connectivity index is 0.923. The van der Waals surface area contributed by atoms with Crippen molar-refractivity contribution >= 4 is 74.1 Å². The first-order valence-electron chi connectivity index (χ1n) is 22.2. The molecule has 15 nitrogen and oxygen atoms in total. The number of nitrogens with one attached hydrogen (secondary N) is 2. The molecule has 66 heavy (non-hydrogen) atoms. The summed E-state index contributed by atoms with van der Waals surface area (Å²) in [7, 11) is 0. The molecule has 0 aromatic carbocycles. The molecule has 0 aliphatic heterocycles. The number of amides is 4. The van der Waals surface area contributed by atoms with Crippen LogP contribution < -0.4 is 20.4 Å². The Morgan fingerprint density at radius 3 is 1.29 bits per heavy atom. The van der Waals surface area contributed by atoms with Crippen molar-refractivity contribution in [2.75, 3.05) is 23.0 Å². The van der Waals surface area contributed by atoms with Crippen LogP contribution in [-0.2, 0) is 19.1 Å². The van der Waals surface area contributed by atoms with Crippen molar-refractivity contribution in [2.45, 2.75) is 117 Å². The molecule has 4 saturated carbocycles. The molecule has 8 rings (SSSR count). The maximum atomic E-state index is 14.5. The first kappa shape index (κ1) is 46.9. The second kappa shape index (κ2) is 19.0. The van der Waals surface area contributed by atoms with Crippen LogP contribution in [0.4, 0.5) is 44.0 Å². The molecule has 2 N–H and O–H groups in total. The average molecular weight is 955 g/mol. The summed E-state index contributed by atoms with van der Waals surface area (Å²) in [6.45, 7) is 4.89. The Morgan fingerprint density at radius 1 is 0.621 bits per heavy atom. The zero-order chi connectivity index (χ0) is 47.1. The number of nitrogens with zero attached hydrogens (tertiary/aromatic N) is 6. The highest BCUT2D eigenvalue weighted by Gasteiger charge is 2.50. The maximum absolute atomic E-state index is 14.5. The Bertz CT molecular complexity index is 2330. The third kappa shape index (κ3) is 9.50. The largest absolute Gasteiger partial charge is 0.508 e. The Labute approximate surface area is 386 Å². The molecule has 0 radical (unpaired) electrons. The van der Waals surface area contributed by atoms with E-state index in [1.54, 1.807) is 13.8 Å². The number of hydrogen-bond donors (Lipinski definition) is 2. The fraction of sp³-hybridized carbons (Fsp3) is 0.533. The van der Waals surface area contributed by atoms with Crippen molar-refractivity contribution < 1.29 is 51.0 Å². The van der Waals surface area contributed by atoms with Crippen LogP contribution in [0.5, 0.6) is 0 Å². The van der Waals surface area contributed by atoms with Gasteiger partial charge in [0.25, 0.3) is 11.8 Å². The van der Waals surface area contributed by atoms with E-state index in [2.05, 4.69) is 30.6 Å². The minimum Gasteiger partial charge on any atom is -0.433 e. The molecule has 0 saturated heterocycles.